The topological polar surface area (TPSA) is 58.4 Å². The monoisotopic (exact) mass is 373 g/mol. The van der Waals surface area contributed by atoms with Gasteiger partial charge in [-0.2, -0.15) is 0 Å². The fourth-order valence-electron chi connectivity index (χ4n) is 3.55. The summed E-state index contributed by atoms with van der Waals surface area (Å²) in [6, 6.07) is 12.4. The van der Waals surface area contributed by atoms with Crippen LogP contribution in [0.5, 0.6) is 0 Å². The molecule has 3 rings (SSSR count). The van der Waals surface area contributed by atoms with Crippen molar-refractivity contribution >= 4 is 5.91 Å². The number of primary amides is 1. The van der Waals surface area contributed by atoms with E-state index in [0.29, 0.717) is 18.7 Å². The van der Waals surface area contributed by atoms with Gasteiger partial charge in [-0.25, -0.2) is 8.78 Å². The van der Waals surface area contributed by atoms with Crippen LogP contribution < -0.4 is 11.1 Å². The highest BCUT2D eigenvalue weighted by Gasteiger charge is 2.23. The third-order valence-electron chi connectivity index (χ3n) is 4.98. The van der Waals surface area contributed by atoms with Gasteiger partial charge in [-0.1, -0.05) is 36.4 Å². The number of rotatable bonds is 7. The molecule has 1 aliphatic rings. The Morgan fingerprint density at radius 1 is 1.15 bits per heavy atom. The predicted molar refractivity (Wildman–Crippen MR) is 101 cm³/mol. The van der Waals surface area contributed by atoms with Gasteiger partial charge in [0.05, 0.1) is 5.92 Å². The van der Waals surface area contributed by atoms with E-state index in [1.54, 1.807) is 6.07 Å². The van der Waals surface area contributed by atoms with Gasteiger partial charge in [0.15, 0.2) is 11.6 Å². The summed E-state index contributed by atoms with van der Waals surface area (Å²) in [5.74, 6) is -1.91. The van der Waals surface area contributed by atoms with E-state index in [0.717, 1.165) is 43.1 Å². The highest BCUT2D eigenvalue weighted by Crippen LogP contribution is 2.19. The lowest BCUT2D eigenvalue weighted by molar-refractivity contribution is -0.123. The number of amides is 1. The van der Waals surface area contributed by atoms with Crippen LogP contribution in [0, 0.1) is 17.6 Å². The molecule has 0 radical (unpaired) electrons. The lowest BCUT2D eigenvalue weighted by atomic mass is 9.97. The third-order valence-corrected chi connectivity index (χ3v) is 4.98. The quantitative estimate of drug-likeness (QED) is 0.785. The van der Waals surface area contributed by atoms with Crippen molar-refractivity contribution in [2.24, 2.45) is 11.7 Å². The molecule has 1 amide bonds. The van der Waals surface area contributed by atoms with Crippen LogP contribution in [0.4, 0.5) is 8.78 Å². The average Bonchev–Trinajstić information content (AvgIpc) is 2.66. The second-order valence-electron chi connectivity index (χ2n) is 7.11. The molecule has 0 spiro atoms. The summed E-state index contributed by atoms with van der Waals surface area (Å²) in [5, 5.41) is 3.16. The molecule has 1 saturated heterocycles. The Morgan fingerprint density at radius 3 is 2.74 bits per heavy atom. The van der Waals surface area contributed by atoms with E-state index in [-0.39, 0.29) is 18.4 Å². The molecule has 2 aromatic rings. The van der Waals surface area contributed by atoms with Crippen LogP contribution in [0.3, 0.4) is 0 Å². The third kappa shape index (κ3) is 5.34. The van der Waals surface area contributed by atoms with Gasteiger partial charge >= 0.3 is 0 Å². The van der Waals surface area contributed by atoms with Crippen LogP contribution in [0.1, 0.15) is 29.5 Å². The van der Waals surface area contributed by atoms with Crippen molar-refractivity contribution in [2.75, 3.05) is 13.1 Å². The summed E-state index contributed by atoms with van der Waals surface area (Å²) in [5.41, 5.74) is 8.00. The zero-order chi connectivity index (χ0) is 19.2. The number of nitrogens with two attached hydrogens (primary N) is 1. The molecular weight excluding hydrogens is 348 g/mol. The highest BCUT2D eigenvalue weighted by molar-refractivity contribution is 5.76. The van der Waals surface area contributed by atoms with Crippen molar-refractivity contribution < 1.29 is 13.6 Å². The van der Waals surface area contributed by atoms with E-state index < -0.39 is 11.6 Å². The van der Waals surface area contributed by atoms with E-state index in [9.17, 15) is 13.6 Å². The molecule has 27 heavy (non-hydrogen) atoms. The molecule has 0 aliphatic carbocycles. The number of piperidine rings is 1. The van der Waals surface area contributed by atoms with Crippen molar-refractivity contribution in [2.45, 2.75) is 32.5 Å². The first-order chi connectivity index (χ1) is 13.0. The van der Waals surface area contributed by atoms with Gasteiger partial charge < -0.3 is 11.1 Å². The summed E-state index contributed by atoms with van der Waals surface area (Å²) < 4.78 is 26.9. The molecule has 1 atom stereocenters. The summed E-state index contributed by atoms with van der Waals surface area (Å²) in [4.78, 5) is 13.7. The Kier molecular flexibility index (Phi) is 6.53. The number of benzene rings is 2. The smallest absolute Gasteiger partial charge is 0.221 e. The van der Waals surface area contributed by atoms with Gasteiger partial charge in [-0.3, -0.25) is 9.69 Å². The first kappa shape index (κ1) is 19.5. The number of nitrogens with one attached hydrogen (secondary N) is 1. The molecule has 3 N–H and O–H groups in total. The van der Waals surface area contributed by atoms with Crippen LogP contribution in [0.25, 0.3) is 0 Å². The van der Waals surface area contributed by atoms with Gasteiger partial charge in [0.25, 0.3) is 0 Å². The maximum absolute atomic E-state index is 13.7. The van der Waals surface area contributed by atoms with E-state index in [1.165, 1.54) is 6.07 Å². The van der Waals surface area contributed by atoms with E-state index in [1.807, 2.05) is 12.1 Å². The van der Waals surface area contributed by atoms with E-state index in [4.69, 9.17) is 5.73 Å². The first-order valence-corrected chi connectivity index (χ1v) is 9.26. The molecule has 0 unspecified atom stereocenters. The molecule has 0 aromatic heterocycles. The van der Waals surface area contributed by atoms with Crippen LogP contribution in [-0.2, 0) is 24.4 Å². The number of nitrogens with zero attached hydrogens (tertiary/aromatic N) is 1. The molecule has 0 saturated carbocycles. The molecule has 1 fully saturated rings. The zero-order valence-electron chi connectivity index (χ0n) is 15.3. The summed E-state index contributed by atoms with van der Waals surface area (Å²) >= 11 is 0. The van der Waals surface area contributed by atoms with Crippen molar-refractivity contribution in [3.8, 4) is 0 Å². The number of halogens is 2. The molecule has 4 nitrogen and oxygen atoms in total. The number of hydrogen-bond donors (Lipinski definition) is 2. The second-order valence-corrected chi connectivity index (χ2v) is 7.11. The molecule has 2 aromatic carbocycles. The van der Waals surface area contributed by atoms with Crippen LogP contribution >= 0.6 is 0 Å². The normalized spacial score (nSPS) is 17.8. The number of likely N-dealkylation sites (tertiary alicyclic amines) is 1. The van der Waals surface area contributed by atoms with Crippen molar-refractivity contribution in [3.63, 3.8) is 0 Å². The minimum absolute atomic E-state index is 0.0650. The van der Waals surface area contributed by atoms with Crippen LogP contribution in [0.2, 0.25) is 0 Å². The Morgan fingerprint density at radius 2 is 1.93 bits per heavy atom. The number of carbonyl (C=O) groups excluding carboxylic acids is 1. The molecule has 1 aliphatic heterocycles. The van der Waals surface area contributed by atoms with Crippen molar-refractivity contribution in [3.05, 3.63) is 70.8 Å². The number of hydrogen-bond acceptors (Lipinski definition) is 3. The fraction of sp³-hybridized carbons (Fsp3) is 0.381. The minimum Gasteiger partial charge on any atom is -0.369 e. The maximum atomic E-state index is 13.7. The Balaban J connectivity index is 1.54. The molecule has 144 valence electrons. The predicted octanol–water partition coefficient (Wildman–Crippen LogP) is 2.95. The fourth-order valence-corrected chi connectivity index (χ4v) is 3.55. The maximum Gasteiger partial charge on any atom is 0.221 e. The van der Waals surface area contributed by atoms with Gasteiger partial charge in [0.1, 0.15) is 0 Å². The van der Waals surface area contributed by atoms with Gasteiger partial charge in [0, 0.05) is 31.7 Å². The van der Waals surface area contributed by atoms with E-state index in [2.05, 4.69) is 22.3 Å². The first-order valence-electron chi connectivity index (χ1n) is 9.26. The van der Waals surface area contributed by atoms with Crippen LogP contribution in [0.15, 0.2) is 42.5 Å². The molecule has 6 heteroatoms. The summed E-state index contributed by atoms with van der Waals surface area (Å²) in [6.45, 7) is 3.27. The second kappa shape index (κ2) is 9.06. The van der Waals surface area contributed by atoms with Gasteiger partial charge in [-0.15, -0.1) is 0 Å². The molecular formula is C21H25F2N3O. The van der Waals surface area contributed by atoms with Gasteiger partial charge in [0.2, 0.25) is 5.91 Å². The van der Waals surface area contributed by atoms with Crippen LogP contribution in [-0.4, -0.2) is 23.9 Å². The van der Waals surface area contributed by atoms with E-state index >= 15 is 0 Å². The Hall–Kier alpha value is -2.31. The SMILES string of the molecule is NC(=O)[C@H]1CCCN(Cc2cccc(CNCc3cccc(F)c3F)c2)C1. The highest BCUT2D eigenvalue weighted by atomic mass is 19.2. The standard InChI is InChI=1S/C21H25F2N3O/c22-19-8-2-6-17(20(19)23)12-25-11-15-4-1-5-16(10-15)13-26-9-3-7-18(14-26)21(24)27/h1-2,4-6,8,10,18,25H,3,7,9,11-14H2,(H2,24,27)/t18-/m0/s1. The summed E-state index contributed by atoms with van der Waals surface area (Å²) in [6.07, 6.45) is 1.85. The van der Waals surface area contributed by atoms with Crippen molar-refractivity contribution in [1.29, 1.82) is 0 Å². The number of carbonyl (C=O) groups is 1. The minimum atomic E-state index is -0.827. The summed E-state index contributed by atoms with van der Waals surface area (Å²) in [7, 11) is 0. The Labute approximate surface area is 158 Å². The lowest BCUT2D eigenvalue weighted by Gasteiger charge is -2.31. The average molecular weight is 373 g/mol. The van der Waals surface area contributed by atoms with Gasteiger partial charge in [-0.05, 0) is 36.6 Å². The zero-order valence-corrected chi connectivity index (χ0v) is 15.3. The lowest BCUT2D eigenvalue weighted by Crippen LogP contribution is -2.40. The molecule has 0 bridgehead atoms. The largest absolute Gasteiger partial charge is 0.369 e. The Bertz CT molecular complexity index is 797. The van der Waals surface area contributed by atoms with Crippen molar-refractivity contribution in [1.82, 2.24) is 10.2 Å². The molecule has 1 heterocycles.